The highest BCUT2D eigenvalue weighted by molar-refractivity contribution is 5.31. The lowest BCUT2D eigenvalue weighted by molar-refractivity contribution is 0.219. The molecule has 0 radical (unpaired) electrons. The molecule has 2 saturated heterocycles. The van der Waals surface area contributed by atoms with Crippen LogP contribution in [0.1, 0.15) is 61.0 Å². The van der Waals surface area contributed by atoms with Crippen LogP contribution in [-0.2, 0) is 6.54 Å². The highest BCUT2D eigenvalue weighted by Gasteiger charge is 2.46. The lowest BCUT2D eigenvalue weighted by Gasteiger charge is -2.29. The molecule has 3 aliphatic rings. The van der Waals surface area contributed by atoms with Gasteiger partial charge in [0.2, 0.25) is 0 Å². The Hall–Kier alpha value is -1.65. The van der Waals surface area contributed by atoms with Crippen LogP contribution in [0.15, 0.2) is 36.8 Å². The molecule has 28 heavy (non-hydrogen) atoms. The summed E-state index contributed by atoms with van der Waals surface area (Å²) in [5.74, 6) is 1.54. The number of benzene rings is 1. The van der Waals surface area contributed by atoms with E-state index in [0.29, 0.717) is 12.1 Å². The second-order valence-electron chi connectivity index (χ2n) is 9.44. The maximum atomic E-state index is 4.53. The van der Waals surface area contributed by atoms with Crippen LogP contribution in [0.3, 0.4) is 0 Å². The summed E-state index contributed by atoms with van der Waals surface area (Å²) < 4.78 is 2.50. The molecule has 0 spiro atoms. The van der Waals surface area contributed by atoms with E-state index in [-0.39, 0.29) is 0 Å². The first-order valence-electron chi connectivity index (χ1n) is 11.2. The average molecular weight is 379 g/mol. The van der Waals surface area contributed by atoms with Crippen LogP contribution in [0, 0.1) is 18.8 Å². The van der Waals surface area contributed by atoms with Crippen molar-refractivity contribution in [3.05, 3.63) is 53.6 Å². The Bertz CT molecular complexity index is 806. The Labute approximate surface area is 169 Å². The topological polar surface area (TPSA) is 24.3 Å². The molecule has 1 aliphatic carbocycles. The number of hydrogen-bond donors (Lipinski definition) is 0. The van der Waals surface area contributed by atoms with E-state index in [0.717, 1.165) is 18.4 Å². The Balaban J connectivity index is 1.31. The van der Waals surface area contributed by atoms with E-state index in [9.17, 15) is 0 Å². The molecule has 0 bridgehead atoms. The van der Waals surface area contributed by atoms with Gasteiger partial charge in [0.25, 0.3) is 0 Å². The number of rotatable bonds is 4. The SMILES string of the molecule is Cc1ccccc1[C@H]1[C@@H]2CN(Cc3cncn3C3CCCCC3)C[C@@H]2CN1C. The molecule has 5 rings (SSSR count). The van der Waals surface area contributed by atoms with Gasteiger partial charge in [-0.15, -0.1) is 0 Å². The fourth-order valence-electron chi connectivity index (χ4n) is 6.24. The van der Waals surface area contributed by atoms with E-state index in [1.165, 1.54) is 68.6 Å². The normalized spacial score (nSPS) is 29.4. The molecule has 150 valence electrons. The molecule has 1 aromatic heterocycles. The summed E-state index contributed by atoms with van der Waals surface area (Å²) in [4.78, 5) is 9.82. The smallest absolute Gasteiger partial charge is 0.0951 e. The Morgan fingerprint density at radius 1 is 1.04 bits per heavy atom. The monoisotopic (exact) mass is 378 g/mol. The highest BCUT2D eigenvalue weighted by atomic mass is 15.3. The van der Waals surface area contributed by atoms with E-state index in [1.54, 1.807) is 0 Å². The lowest BCUT2D eigenvalue weighted by atomic mass is 9.88. The van der Waals surface area contributed by atoms with E-state index in [2.05, 4.69) is 70.1 Å². The maximum absolute atomic E-state index is 4.53. The maximum Gasteiger partial charge on any atom is 0.0951 e. The van der Waals surface area contributed by atoms with Gasteiger partial charge in [-0.05, 0) is 49.8 Å². The molecular weight excluding hydrogens is 344 g/mol. The average Bonchev–Trinajstić information content (AvgIpc) is 3.38. The quantitative estimate of drug-likeness (QED) is 0.786. The summed E-state index contributed by atoms with van der Waals surface area (Å²) >= 11 is 0. The van der Waals surface area contributed by atoms with Gasteiger partial charge in [0.15, 0.2) is 0 Å². The molecule has 0 unspecified atom stereocenters. The van der Waals surface area contributed by atoms with Crippen LogP contribution >= 0.6 is 0 Å². The van der Waals surface area contributed by atoms with Gasteiger partial charge in [-0.1, -0.05) is 43.5 Å². The standard InChI is InChI=1S/C24H34N4/c1-18-8-6-7-11-22(18)24-23-16-27(14-19(23)13-26(24)2)15-21-12-25-17-28(21)20-9-4-3-5-10-20/h6-8,11-12,17,19-20,23-24H,3-5,9-10,13-16H2,1-2H3/t19-,23+,24-/m0/s1. The predicted octanol–water partition coefficient (Wildman–Crippen LogP) is 4.43. The molecule has 3 heterocycles. The molecule has 2 aromatic rings. The van der Waals surface area contributed by atoms with Crippen molar-refractivity contribution >= 4 is 0 Å². The van der Waals surface area contributed by atoms with Crippen LogP contribution in [0.4, 0.5) is 0 Å². The largest absolute Gasteiger partial charge is 0.330 e. The summed E-state index contributed by atoms with van der Waals surface area (Å²) in [6, 6.07) is 10.2. The molecule has 0 amide bonds. The fourth-order valence-corrected chi connectivity index (χ4v) is 6.24. The van der Waals surface area contributed by atoms with Crippen molar-refractivity contribution in [3.63, 3.8) is 0 Å². The first-order valence-corrected chi connectivity index (χ1v) is 11.2. The Morgan fingerprint density at radius 3 is 2.68 bits per heavy atom. The van der Waals surface area contributed by atoms with Crippen molar-refractivity contribution in [2.45, 2.75) is 57.7 Å². The summed E-state index contributed by atoms with van der Waals surface area (Å²) in [6.45, 7) is 7.00. The summed E-state index contributed by atoms with van der Waals surface area (Å²) in [6.07, 6.45) is 11.0. The second kappa shape index (κ2) is 7.64. The van der Waals surface area contributed by atoms with E-state index in [1.807, 2.05) is 0 Å². The molecule has 4 nitrogen and oxygen atoms in total. The zero-order valence-corrected chi connectivity index (χ0v) is 17.4. The highest BCUT2D eigenvalue weighted by Crippen LogP contribution is 2.45. The summed E-state index contributed by atoms with van der Waals surface area (Å²) in [5, 5.41) is 0. The predicted molar refractivity (Wildman–Crippen MR) is 113 cm³/mol. The van der Waals surface area contributed by atoms with Crippen molar-refractivity contribution in [3.8, 4) is 0 Å². The van der Waals surface area contributed by atoms with E-state index >= 15 is 0 Å². The van der Waals surface area contributed by atoms with Crippen LogP contribution in [0.25, 0.3) is 0 Å². The number of aryl methyl sites for hydroxylation is 1. The first-order chi connectivity index (χ1) is 13.7. The minimum atomic E-state index is 0.569. The van der Waals surface area contributed by atoms with Crippen LogP contribution < -0.4 is 0 Å². The van der Waals surface area contributed by atoms with Crippen molar-refractivity contribution in [2.24, 2.45) is 11.8 Å². The molecule has 1 saturated carbocycles. The van der Waals surface area contributed by atoms with Crippen LogP contribution in [-0.4, -0.2) is 46.0 Å². The summed E-state index contributed by atoms with van der Waals surface area (Å²) in [5.41, 5.74) is 4.40. The van der Waals surface area contributed by atoms with E-state index in [4.69, 9.17) is 0 Å². The molecule has 0 N–H and O–H groups in total. The number of nitrogens with zero attached hydrogens (tertiary/aromatic N) is 4. The van der Waals surface area contributed by atoms with Gasteiger partial charge in [-0.2, -0.15) is 0 Å². The molecule has 3 atom stereocenters. The lowest BCUT2D eigenvalue weighted by Crippen LogP contribution is -2.30. The fraction of sp³-hybridized carbons (Fsp3) is 0.625. The number of fused-ring (bicyclic) bond motifs is 1. The number of hydrogen-bond acceptors (Lipinski definition) is 3. The minimum absolute atomic E-state index is 0.569. The third-order valence-electron chi connectivity index (χ3n) is 7.58. The van der Waals surface area contributed by atoms with Crippen molar-refractivity contribution < 1.29 is 0 Å². The first kappa shape index (κ1) is 18.4. The molecular formula is C24H34N4. The third-order valence-corrected chi connectivity index (χ3v) is 7.58. The second-order valence-corrected chi connectivity index (χ2v) is 9.44. The van der Waals surface area contributed by atoms with Gasteiger partial charge in [-0.25, -0.2) is 4.98 Å². The van der Waals surface area contributed by atoms with Crippen molar-refractivity contribution in [1.29, 1.82) is 0 Å². The van der Waals surface area contributed by atoms with Crippen LogP contribution in [0.2, 0.25) is 0 Å². The molecule has 3 fully saturated rings. The van der Waals surface area contributed by atoms with Gasteiger partial charge in [0.1, 0.15) is 0 Å². The summed E-state index contributed by atoms with van der Waals surface area (Å²) in [7, 11) is 2.32. The molecule has 2 aliphatic heterocycles. The van der Waals surface area contributed by atoms with Gasteiger partial charge >= 0.3 is 0 Å². The van der Waals surface area contributed by atoms with Gasteiger partial charge in [0.05, 0.1) is 12.0 Å². The third kappa shape index (κ3) is 3.31. The van der Waals surface area contributed by atoms with Gasteiger partial charge in [0, 0.05) is 44.5 Å². The van der Waals surface area contributed by atoms with E-state index < -0.39 is 0 Å². The Kier molecular flexibility index (Phi) is 5.02. The number of aromatic nitrogens is 2. The van der Waals surface area contributed by atoms with Gasteiger partial charge < -0.3 is 4.57 Å². The number of imidazole rings is 1. The van der Waals surface area contributed by atoms with Crippen LogP contribution in [0.5, 0.6) is 0 Å². The van der Waals surface area contributed by atoms with Crippen molar-refractivity contribution in [2.75, 3.05) is 26.7 Å². The number of likely N-dealkylation sites (tertiary alicyclic amines) is 2. The zero-order valence-electron chi connectivity index (χ0n) is 17.4. The zero-order chi connectivity index (χ0) is 19.1. The van der Waals surface area contributed by atoms with Crippen molar-refractivity contribution in [1.82, 2.24) is 19.4 Å². The van der Waals surface area contributed by atoms with Gasteiger partial charge in [-0.3, -0.25) is 9.80 Å². The Morgan fingerprint density at radius 2 is 1.86 bits per heavy atom. The molecule has 4 heteroatoms. The molecule has 1 aromatic carbocycles. The minimum Gasteiger partial charge on any atom is -0.330 e.